The molecule has 2 heterocycles. The van der Waals surface area contributed by atoms with Crippen molar-refractivity contribution in [2.75, 3.05) is 0 Å². The van der Waals surface area contributed by atoms with Crippen LogP contribution in [-0.2, 0) is 4.79 Å². The number of carboxylic acids is 1. The average molecular weight is 227 g/mol. The fraction of sp³-hybridized carbons (Fsp3) is 0.125. The maximum Gasteiger partial charge on any atom is 0.326 e. The van der Waals surface area contributed by atoms with E-state index in [0.29, 0.717) is 5.78 Å². The van der Waals surface area contributed by atoms with Crippen LogP contribution in [0.4, 0.5) is 0 Å². The molecule has 2 aromatic rings. The van der Waals surface area contributed by atoms with Crippen LogP contribution < -0.4 is 5.73 Å². The van der Waals surface area contributed by atoms with Crippen molar-refractivity contribution >= 4 is 23.3 Å². The summed E-state index contributed by atoms with van der Waals surface area (Å²) in [5.74, 6) is -0.836. The van der Waals surface area contributed by atoms with Gasteiger partial charge in [0.05, 0.1) is 5.69 Å². The molecule has 0 spiro atoms. The Morgan fingerprint density at radius 1 is 1.67 bits per heavy atom. The topological polar surface area (TPSA) is 93.5 Å². The Bertz CT molecular complexity index is 524. The first kappa shape index (κ1) is 9.88. The molecule has 0 bridgehead atoms. The zero-order chi connectivity index (χ0) is 11.0. The molecule has 0 radical (unpaired) electrons. The number of rotatable bonds is 2. The summed E-state index contributed by atoms with van der Waals surface area (Å²) in [5, 5.41) is 8.85. The molecule has 2 aromatic heterocycles. The summed E-state index contributed by atoms with van der Waals surface area (Å²) >= 11 is 5.79. The number of aliphatic carboxylic acids is 1. The molecule has 7 heteroatoms. The minimum atomic E-state index is -1.21. The van der Waals surface area contributed by atoms with Crippen molar-refractivity contribution in [3.8, 4) is 0 Å². The number of nitrogens with zero attached hydrogens (tertiary/aromatic N) is 3. The van der Waals surface area contributed by atoms with Gasteiger partial charge >= 0.3 is 5.97 Å². The Labute approximate surface area is 89.3 Å². The number of carbonyl (C=O) groups is 1. The van der Waals surface area contributed by atoms with Gasteiger partial charge in [-0.15, -0.1) is 0 Å². The van der Waals surface area contributed by atoms with Gasteiger partial charge in [-0.25, -0.2) is 4.98 Å². The van der Waals surface area contributed by atoms with Crippen LogP contribution in [0.3, 0.4) is 0 Å². The van der Waals surface area contributed by atoms with Crippen LogP contribution in [0.25, 0.3) is 5.78 Å². The molecular formula is C8H7ClN4O2. The molecule has 0 amide bonds. The zero-order valence-corrected chi connectivity index (χ0v) is 8.22. The van der Waals surface area contributed by atoms with E-state index < -0.39 is 12.0 Å². The minimum absolute atomic E-state index is 0.0589. The van der Waals surface area contributed by atoms with Crippen molar-refractivity contribution in [3.63, 3.8) is 0 Å². The molecule has 0 aromatic carbocycles. The van der Waals surface area contributed by atoms with E-state index in [-0.39, 0.29) is 10.8 Å². The average Bonchev–Trinajstić information content (AvgIpc) is 2.52. The third kappa shape index (κ3) is 1.53. The third-order valence-electron chi connectivity index (χ3n) is 1.96. The molecule has 0 saturated heterocycles. The number of aromatic nitrogens is 3. The van der Waals surface area contributed by atoms with Gasteiger partial charge in [-0.2, -0.15) is 4.98 Å². The lowest BCUT2D eigenvalue weighted by atomic mass is 10.2. The van der Waals surface area contributed by atoms with Gasteiger partial charge in [-0.3, -0.25) is 9.20 Å². The van der Waals surface area contributed by atoms with Crippen LogP contribution in [-0.4, -0.2) is 25.4 Å². The number of halogens is 1. The van der Waals surface area contributed by atoms with Crippen LogP contribution in [0, 0.1) is 0 Å². The summed E-state index contributed by atoms with van der Waals surface area (Å²) in [6.45, 7) is 0. The van der Waals surface area contributed by atoms with Crippen molar-refractivity contribution in [1.29, 1.82) is 0 Å². The largest absolute Gasteiger partial charge is 0.480 e. The highest BCUT2D eigenvalue weighted by molar-refractivity contribution is 6.30. The molecule has 0 aliphatic heterocycles. The molecule has 15 heavy (non-hydrogen) atoms. The SMILES string of the molecule is NC(C(=O)O)c1c(Cl)nc2ncccn12. The number of fused-ring (bicyclic) bond motifs is 1. The number of nitrogens with two attached hydrogens (primary N) is 1. The van der Waals surface area contributed by atoms with Crippen LogP contribution in [0.2, 0.25) is 5.15 Å². The molecule has 0 aliphatic rings. The maximum atomic E-state index is 10.7. The molecule has 0 saturated carbocycles. The lowest BCUT2D eigenvalue weighted by molar-refractivity contribution is -0.138. The molecule has 0 aliphatic carbocycles. The molecule has 78 valence electrons. The van der Waals surface area contributed by atoms with Gasteiger partial charge in [0.1, 0.15) is 6.04 Å². The van der Waals surface area contributed by atoms with E-state index >= 15 is 0 Å². The van der Waals surface area contributed by atoms with Gasteiger partial charge in [-0.05, 0) is 6.07 Å². The first-order chi connectivity index (χ1) is 7.11. The van der Waals surface area contributed by atoms with Crippen LogP contribution in [0.1, 0.15) is 11.7 Å². The number of hydrogen-bond acceptors (Lipinski definition) is 4. The summed E-state index contributed by atoms with van der Waals surface area (Å²) in [4.78, 5) is 18.6. The molecule has 3 N–H and O–H groups in total. The third-order valence-corrected chi connectivity index (χ3v) is 2.23. The van der Waals surface area contributed by atoms with Gasteiger partial charge in [0.15, 0.2) is 5.15 Å². The Morgan fingerprint density at radius 3 is 3.07 bits per heavy atom. The number of carboxylic acid groups (broad SMARTS) is 1. The highest BCUT2D eigenvalue weighted by Gasteiger charge is 2.23. The summed E-state index contributed by atoms with van der Waals surface area (Å²) in [7, 11) is 0. The van der Waals surface area contributed by atoms with E-state index in [4.69, 9.17) is 22.4 Å². The Kier molecular flexibility index (Phi) is 2.29. The van der Waals surface area contributed by atoms with E-state index in [1.807, 2.05) is 0 Å². The highest BCUT2D eigenvalue weighted by Crippen LogP contribution is 2.21. The number of hydrogen-bond donors (Lipinski definition) is 2. The van der Waals surface area contributed by atoms with E-state index in [1.165, 1.54) is 10.6 Å². The van der Waals surface area contributed by atoms with Crippen LogP contribution in [0.15, 0.2) is 18.5 Å². The van der Waals surface area contributed by atoms with Crippen molar-refractivity contribution in [3.05, 3.63) is 29.3 Å². The van der Waals surface area contributed by atoms with Gasteiger partial charge in [0, 0.05) is 12.4 Å². The lowest BCUT2D eigenvalue weighted by Crippen LogP contribution is -2.22. The summed E-state index contributed by atoms with van der Waals surface area (Å²) in [6.07, 6.45) is 3.15. The minimum Gasteiger partial charge on any atom is -0.480 e. The molecule has 2 rings (SSSR count). The normalized spacial score (nSPS) is 12.9. The van der Waals surface area contributed by atoms with Gasteiger partial charge in [0.25, 0.3) is 0 Å². The predicted octanol–water partition coefficient (Wildman–Crippen LogP) is 0.467. The predicted molar refractivity (Wildman–Crippen MR) is 52.6 cm³/mol. The van der Waals surface area contributed by atoms with Crippen molar-refractivity contribution < 1.29 is 9.90 Å². The summed E-state index contributed by atoms with van der Waals surface area (Å²) in [6, 6.07) is 0.431. The van der Waals surface area contributed by atoms with E-state index in [9.17, 15) is 4.79 Å². The summed E-state index contributed by atoms with van der Waals surface area (Å²) in [5.41, 5.74) is 5.71. The van der Waals surface area contributed by atoms with Crippen molar-refractivity contribution in [2.24, 2.45) is 5.73 Å². The zero-order valence-electron chi connectivity index (χ0n) is 7.46. The molecular weight excluding hydrogens is 220 g/mol. The Morgan fingerprint density at radius 2 is 2.40 bits per heavy atom. The van der Waals surface area contributed by atoms with Crippen LogP contribution in [0.5, 0.6) is 0 Å². The van der Waals surface area contributed by atoms with Crippen molar-refractivity contribution in [1.82, 2.24) is 14.4 Å². The Balaban J connectivity index is 2.68. The quantitative estimate of drug-likeness (QED) is 0.776. The first-order valence-corrected chi connectivity index (χ1v) is 4.46. The maximum absolute atomic E-state index is 10.7. The van der Waals surface area contributed by atoms with Crippen molar-refractivity contribution in [2.45, 2.75) is 6.04 Å². The fourth-order valence-corrected chi connectivity index (χ4v) is 1.56. The summed E-state index contributed by atoms with van der Waals surface area (Å²) < 4.78 is 1.46. The second-order valence-corrected chi connectivity index (χ2v) is 3.25. The standard InChI is InChI=1S/C8H7ClN4O2/c9-6-5(4(10)7(14)15)13-3-1-2-11-8(13)12-6/h1-4H,10H2,(H,14,15). The van der Waals surface area contributed by atoms with E-state index in [0.717, 1.165) is 0 Å². The molecule has 1 atom stereocenters. The Hall–Kier alpha value is -1.66. The molecule has 6 nitrogen and oxygen atoms in total. The highest BCUT2D eigenvalue weighted by atomic mass is 35.5. The first-order valence-electron chi connectivity index (χ1n) is 4.08. The smallest absolute Gasteiger partial charge is 0.326 e. The number of imidazole rings is 1. The molecule has 0 fully saturated rings. The van der Waals surface area contributed by atoms with E-state index in [1.54, 1.807) is 12.3 Å². The fourth-order valence-electron chi connectivity index (χ4n) is 1.27. The van der Waals surface area contributed by atoms with E-state index in [2.05, 4.69) is 9.97 Å². The van der Waals surface area contributed by atoms with Gasteiger partial charge in [-0.1, -0.05) is 11.6 Å². The second kappa shape index (κ2) is 3.48. The molecule has 1 unspecified atom stereocenters. The lowest BCUT2D eigenvalue weighted by Gasteiger charge is -2.05. The monoisotopic (exact) mass is 226 g/mol. The second-order valence-electron chi connectivity index (χ2n) is 2.89. The van der Waals surface area contributed by atoms with Gasteiger partial charge in [0.2, 0.25) is 5.78 Å². The van der Waals surface area contributed by atoms with Crippen LogP contribution >= 0.6 is 11.6 Å². The van der Waals surface area contributed by atoms with Gasteiger partial charge < -0.3 is 10.8 Å².